The largest absolute Gasteiger partial charge is 0.208 e. The number of benzene rings is 5. The predicted molar refractivity (Wildman–Crippen MR) is 184 cm³/mol. The van der Waals surface area contributed by atoms with Gasteiger partial charge in [0.15, 0.2) is 17.5 Å². The minimum Gasteiger partial charge on any atom is -0.208 e. The van der Waals surface area contributed by atoms with Crippen LogP contribution >= 0.6 is 0 Å². The van der Waals surface area contributed by atoms with E-state index < -0.39 is 0 Å². The second-order valence-corrected chi connectivity index (χ2v) is 13.8. The van der Waals surface area contributed by atoms with Gasteiger partial charge in [0.1, 0.15) is 0 Å². The van der Waals surface area contributed by atoms with E-state index in [2.05, 4.69) is 42.5 Å². The molecule has 0 unspecified atom stereocenters. The Bertz CT molecular complexity index is 2030. The van der Waals surface area contributed by atoms with E-state index >= 15 is 0 Å². The van der Waals surface area contributed by atoms with Gasteiger partial charge in [-0.25, -0.2) is 15.0 Å². The van der Waals surface area contributed by atoms with Crippen LogP contribution in [0.25, 0.3) is 56.1 Å². The third-order valence-corrected chi connectivity index (χ3v) is 10.9. The molecule has 6 aromatic rings. The average Bonchev–Trinajstić information content (AvgIpc) is 3.11. The molecule has 4 aliphatic carbocycles. The first-order valence-electron chi connectivity index (χ1n) is 16.6. The highest BCUT2D eigenvalue weighted by molar-refractivity contribution is 6.04. The van der Waals surface area contributed by atoms with E-state index in [-0.39, 0.29) is 0 Å². The molecule has 4 heteroatoms. The number of fused-ring (bicyclic) bond motifs is 1. The van der Waals surface area contributed by atoms with E-state index in [0.29, 0.717) is 28.5 Å². The van der Waals surface area contributed by atoms with Crippen LogP contribution in [-0.2, 0) is 5.41 Å². The fourth-order valence-corrected chi connectivity index (χ4v) is 9.26. The Morgan fingerprint density at radius 1 is 0.522 bits per heavy atom. The predicted octanol–water partition coefficient (Wildman–Crippen LogP) is 10.0. The lowest BCUT2D eigenvalue weighted by Gasteiger charge is -2.57. The summed E-state index contributed by atoms with van der Waals surface area (Å²) in [7, 11) is 0. The van der Waals surface area contributed by atoms with Crippen molar-refractivity contribution in [3.63, 3.8) is 0 Å². The van der Waals surface area contributed by atoms with Crippen molar-refractivity contribution in [3.05, 3.63) is 126 Å². The molecule has 0 aliphatic heterocycles. The highest BCUT2D eigenvalue weighted by Crippen LogP contribution is 2.60. The molecule has 4 aliphatic rings. The summed E-state index contributed by atoms with van der Waals surface area (Å²) >= 11 is 0. The van der Waals surface area contributed by atoms with Gasteiger partial charge in [0.2, 0.25) is 0 Å². The normalized spacial score (nSPS) is 23.0. The molecule has 10 rings (SSSR count). The fourth-order valence-electron chi connectivity index (χ4n) is 9.26. The molecule has 4 nitrogen and oxygen atoms in total. The van der Waals surface area contributed by atoms with Crippen LogP contribution in [0.2, 0.25) is 0 Å². The van der Waals surface area contributed by atoms with Gasteiger partial charge >= 0.3 is 0 Å². The molecule has 1 aromatic heterocycles. The van der Waals surface area contributed by atoms with Crippen LogP contribution in [0.4, 0.5) is 0 Å². The number of nitriles is 1. The summed E-state index contributed by atoms with van der Waals surface area (Å²) in [6.07, 6.45) is 8.46. The van der Waals surface area contributed by atoms with E-state index in [4.69, 9.17) is 15.0 Å². The highest BCUT2D eigenvalue weighted by atomic mass is 15.0. The maximum atomic E-state index is 9.87. The average molecular weight is 595 g/mol. The number of nitrogens with zero attached hydrogens (tertiary/aromatic N) is 4. The molecule has 0 amide bonds. The quantitative estimate of drug-likeness (QED) is 0.199. The first-order chi connectivity index (χ1) is 22.6. The molecule has 46 heavy (non-hydrogen) atoms. The molecular formula is C42H34N4. The zero-order chi connectivity index (χ0) is 30.7. The second kappa shape index (κ2) is 10.7. The van der Waals surface area contributed by atoms with Crippen LogP contribution in [0.15, 0.2) is 115 Å². The highest BCUT2D eigenvalue weighted by Gasteiger charge is 2.51. The van der Waals surface area contributed by atoms with Crippen molar-refractivity contribution < 1.29 is 0 Å². The van der Waals surface area contributed by atoms with E-state index in [9.17, 15) is 5.26 Å². The second-order valence-electron chi connectivity index (χ2n) is 13.8. The number of hydrogen-bond acceptors (Lipinski definition) is 4. The minimum absolute atomic E-state index is 0.374. The Morgan fingerprint density at radius 2 is 1.07 bits per heavy atom. The molecular weight excluding hydrogens is 560 g/mol. The Labute approximate surface area is 269 Å². The van der Waals surface area contributed by atoms with Gasteiger partial charge in [0, 0.05) is 16.7 Å². The van der Waals surface area contributed by atoms with Gasteiger partial charge in [-0.05, 0) is 107 Å². The topological polar surface area (TPSA) is 62.5 Å². The molecule has 1 heterocycles. The molecule has 4 saturated carbocycles. The maximum Gasteiger partial charge on any atom is 0.164 e. The van der Waals surface area contributed by atoms with E-state index in [1.165, 1.54) is 49.7 Å². The van der Waals surface area contributed by atoms with Crippen LogP contribution in [0.1, 0.15) is 49.7 Å². The summed E-state index contributed by atoms with van der Waals surface area (Å²) in [5, 5.41) is 11.9. The van der Waals surface area contributed by atoms with Crippen LogP contribution < -0.4 is 0 Å². The van der Waals surface area contributed by atoms with Gasteiger partial charge in [0.25, 0.3) is 0 Å². The third-order valence-electron chi connectivity index (χ3n) is 10.9. The van der Waals surface area contributed by atoms with Crippen molar-refractivity contribution >= 4 is 10.8 Å². The first kappa shape index (κ1) is 27.2. The molecule has 0 spiro atoms. The van der Waals surface area contributed by atoms with Crippen molar-refractivity contribution in [2.24, 2.45) is 17.8 Å². The number of aromatic nitrogens is 3. The molecule has 0 radical (unpaired) electrons. The maximum absolute atomic E-state index is 9.87. The van der Waals surface area contributed by atoms with E-state index in [1.807, 2.05) is 78.9 Å². The summed E-state index contributed by atoms with van der Waals surface area (Å²) in [6, 6.07) is 42.2. The van der Waals surface area contributed by atoms with Gasteiger partial charge in [-0.15, -0.1) is 0 Å². The standard InChI is InChI=1S/C42H34N4/c43-26-27-11-16-36-37(41-45-39(32-7-3-1-4-8-32)44-40(46-41)33-9-5-2-6-10-33)18-17-35(38(36)22-27)31-12-14-34(15-13-31)42-23-28-19-29(24-42)21-30(20-28)25-42/h1-18,22,28-30H,19-21,23-25H2/t28-,29+,30?,42?. The Morgan fingerprint density at radius 3 is 1.63 bits per heavy atom. The van der Waals surface area contributed by atoms with Crippen LogP contribution in [0.3, 0.4) is 0 Å². The summed E-state index contributed by atoms with van der Waals surface area (Å²) in [5.74, 6) is 4.66. The van der Waals surface area contributed by atoms with Crippen molar-refractivity contribution in [2.75, 3.05) is 0 Å². The Balaban J connectivity index is 1.16. The van der Waals surface area contributed by atoms with Crippen LogP contribution in [-0.4, -0.2) is 15.0 Å². The summed E-state index contributed by atoms with van der Waals surface area (Å²) in [6.45, 7) is 0. The van der Waals surface area contributed by atoms with Gasteiger partial charge in [-0.1, -0.05) is 97.1 Å². The summed E-state index contributed by atoms with van der Waals surface area (Å²) in [5.41, 5.74) is 7.64. The van der Waals surface area contributed by atoms with E-state index in [1.54, 1.807) is 0 Å². The first-order valence-corrected chi connectivity index (χ1v) is 16.6. The van der Waals surface area contributed by atoms with Crippen molar-refractivity contribution in [3.8, 4) is 51.4 Å². The molecule has 4 bridgehead atoms. The summed E-state index contributed by atoms with van der Waals surface area (Å²) in [4.78, 5) is 14.9. The Hall–Kier alpha value is -5.14. The smallest absolute Gasteiger partial charge is 0.164 e. The molecule has 0 N–H and O–H groups in total. The third kappa shape index (κ3) is 4.62. The van der Waals surface area contributed by atoms with Crippen molar-refractivity contribution in [1.82, 2.24) is 15.0 Å². The lowest BCUT2D eigenvalue weighted by Crippen LogP contribution is -2.48. The van der Waals surface area contributed by atoms with Crippen molar-refractivity contribution in [2.45, 2.75) is 43.9 Å². The molecule has 4 fully saturated rings. The number of rotatable bonds is 5. The van der Waals surface area contributed by atoms with Crippen molar-refractivity contribution in [1.29, 1.82) is 5.26 Å². The summed E-state index contributed by atoms with van der Waals surface area (Å²) < 4.78 is 0. The van der Waals surface area contributed by atoms with Gasteiger partial charge in [0.05, 0.1) is 11.6 Å². The Kier molecular flexibility index (Phi) is 6.35. The molecule has 0 saturated heterocycles. The molecule has 0 atom stereocenters. The zero-order valence-electron chi connectivity index (χ0n) is 25.7. The SMILES string of the molecule is N#Cc1ccc2c(-c3nc(-c4ccccc4)nc(-c4ccccc4)n3)ccc(-c3ccc(C45CC6C[C@H](C4)C[C@@H](C6)C5)cc3)c2c1. The van der Waals surface area contributed by atoms with Crippen LogP contribution in [0, 0.1) is 29.1 Å². The lowest BCUT2D eigenvalue weighted by atomic mass is 9.48. The lowest BCUT2D eigenvalue weighted by molar-refractivity contribution is -0.00518. The van der Waals surface area contributed by atoms with Gasteiger partial charge in [-0.3, -0.25) is 0 Å². The van der Waals surface area contributed by atoms with E-state index in [0.717, 1.165) is 50.8 Å². The molecule has 222 valence electrons. The number of hydrogen-bond donors (Lipinski definition) is 0. The van der Waals surface area contributed by atoms with Gasteiger partial charge in [-0.2, -0.15) is 5.26 Å². The molecule has 5 aromatic carbocycles. The minimum atomic E-state index is 0.374. The van der Waals surface area contributed by atoms with Crippen LogP contribution in [0.5, 0.6) is 0 Å². The van der Waals surface area contributed by atoms with Gasteiger partial charge < -0.3 is 0 Å². The monoisotopic (exact) mass is 594 g/mol. The zero-order valence-corrected chi connectivity index (χ0v) is 25.7. The fraction of sp³-hybridized carbons (Fsp3) is 0.238.